The van der Waals surface area contributed by atoms with Crippen LogP contribution in [-0.4, -0.2) is 48.3 Å². The summed E-state index contributed by atoms with van der Waals surface area (Å²) in [5, 5.41) is 8.35. The highest BCUT2D eigenvalue weighted by Crippen LogP contribution is 2.37. The minimum Gasteiger partial charge on any atom is -0.379 e. The molecule has 1 aliphatic carbocycles. The van der Waals surface area contributed by atoms with Gasteiger partial charge in [-0.2, -0.15) is 0 Å². The Bertz CT molecular complexity index is 1140. The third kappa shape index (κ3) is 5.40. The Morgan fingerprint density at radius 1 is 1.09 bits per heavy atom. The van der Waals surface area contributed by atoms with Crippen molar-refractivity contribution in [2.45, 2.75) is 39.3 Å². The molecule has 34 heavy (non-hydrogen) atoms. The van der Waals surface area contributed by atoms with Crippen LogP contribution in [0.2, 0.25) is 0 Å². The van der Waals surface area contributed by atoms with Crippen molar-refractivity contribution in [3.8, 4) is 11.1 Å². The van der Waals surface area contributed by atoms with Crippen LogP contribution in [0.3, 0.4) is 0 Å². The Labute approximate surface area is 201 Å². The van der Waals surface area contributed by atoms with Crippen molar-refractivity contribution >= 4 is 22.5 Å². The van der Waals surface area contributed by atoms with Gasteiger partial charge in [0.25, 0.3) is 0 Å². The molecular formula is C28H34N4O2. The number of rotatable bonds is 7. The molecule has 3 aromatic rings. The van der Waals surface area contributed by atoms with Crippen molar-refractivity contribution in [3.63, 3.8) is 0 Å². The van der Waals surface area contributed by atoms with Crippen LogP contribution in [0.25, 0.3) is 21.9 Å². The Morgan fingerprint density at radius 3 is 2.62 bits per heavy atom. The predicted molar refractivity (Wildman–Crippen MR) is 137 cm³/mol. The molecule has 0 spiro atoms. The maximum absolute atomic E-state index is 12.6. The van der Waals surface area contributed by atoms with E-state index in [1.165, 1.54) is 6.42 Å². The molecule has 2 aliphatic rings. The molecule has 1 saturated carbocycles. The number of pyridine rings is 1. The summed E-state index contributed by atoms with van der Waals surface area (Å²) in [4.78, 5) is 19.8. The molecule has 1 saturated heterocycles. The number of hydrogen-bond acceptors (Lipinski definition) is 4. The van der Waals surface area contributed by atoms with Crippen molar-refractivity contribution in [1.82, 2.24) is 15.2 Å². The van der Waals surface area contributed by atoms with Gasteiger partial charge in [0.2, 0.25) is 0 Å². The molecule has 2 unspecified atom stereocenters. The molecule has 2 fully saturated rings. The lowest BCUT2D eigenvalue weighted by Crippen LogP contribution is -2.35. The third-order valence-corrected chi connectivity index (χ3v) is 6.81. The van der Waals surface area contributed by atoms with E-state index in [4.69, 9.17) is 9.72 Å². The summed E-state index contributed by atoms with van der Waals surface area (Å²) < 4.78 is 5.44. The van der Waals surface area contributed by atoms with Crippen LogP contribution in [0.15, 0.2) is 54.7 Å². The second-order valence-electron chi connectivity index (χ2n) is 9.96. The molecule has 0 bridgehead atoms. The molecular weight excluding hydrogens is 424 g/mol. The van der Waals surface area contributed by atoms with Crippen molar-refractivity contribution < 1.29 is 9.53 Å². The van der Waals surface area contributed by atoms with Gasteiger partial charge in [-0.3, -0.25) is 9.88 Å². The average molecular weight is 459 g/mol. The maximum Gasteiger partial charge on any atom is 0.319 e. The molecule has 178 valence electrons. The summed E-state index contributed by atoms with van der Waals surface area (Å²) in [6.45, 7) is 8.81. The number of ether oxygens (including phenoxy) is 1. The maximum atomic E-state index is 12.6. The van der Waals surface area contributed by atoms with Gasteiger partial charge >= 0.3 is 6.03 Å². The molecule has 2 atom stereocenters. The van der Waals surface area contributed by atoms with Gasteiger partial charge in [-0.05, 0) is 47.8 Å². The number of nitrogens with one attached hydrogen (secondary N) is 2. The van der Waals surface area contributed by atoms with Gasteiger partial charge in [0.15, 0.2) is 0 Å². The molecule has 1 aromatic heterocycles. The van der Waals surface area contributed by atoms with Crippen LogP contribution in [-0.2, 0) is 11.3 Å². The number of carbonyl (C=O) groups is 1. The second-order valence-corrected chi connectivity index (χ2v) is 9.96. The number of carbonyl (C=O) groups excluding carboxylic acids is 1. The SMILES string of the molecule is CC(C)CC1CC1NC(=O)Nc1ccc(-c2ccc(CN3CCOCC3)nc2)c2ccccc12. The second kappa shape index (κ2) is 10.1. The van der Waals surface area contributed by atoms with E-state index >= 15 is 0 Å². The van der Waals surface area contributed by atoms with Crippen molar-refractivity contribution in [2.75, 3.05) is 31.6 Å². The molecule has 5 rings (SSSR count). The fourth-order valence-electron chi connectivity index (χ4n) is 4.94. The molecule has 2 aromatic carbocycles. The van der Waals surface area contributed by atoms with Gasteiger partial charge in [-0.15, -0.1) is 0 Å². The molecule has 2 heterocycles. The molecule has 6 heteroatoms. The van der Waals surface area contributed by atoms with Gasteiger partial charge in [0.1, 0.15) is 0 Å². The van der Waals surface area contributed by atoms with E-state index in [1.807, 2.05) is 24.4 Å². The number of urea groups is 1. The van der Waals surface area contributed by atoms with Crippen LogP contribution in [0.5, 0.6) is 0 Å². The first kappa shape index (κ1) is 22.8. The topological polar surface area (TPSA) is 66.5 Å². The summed E-state index contributed by atoms with van der Waals surface area (Å²) >= 11 is 0. The van der Waals surface area contributed by atoms with Gasteiger partial charge in [0, 0.05) is 42.8 Å². The number of anilines is 1. The highest BCUT2D eigenvalue weighted by atomic mass is 16.5. The number of benzene rings is 2. The standard InChI is InChI=1S/C28H34N4O2/c1-19(2)15-21-16-27(21)31-28(33)30-26-10-9-23(24-5-3-4-6-25(24)26)20-7-8-22(29-17-20)18-32-11-13-34-14-12-32/h3-10,17,19,21,27H,11-16,18H2,1-2H3,(H2,30,31,33). The zero-order valence-electron chi connectivity index (χ0n) is 20.1. The van der Waals surface area contributed by atoms with Gasteiger partial charge in [-0.25, -0.2) is 4.79 Å². The van der Waals surface area contributed by atoms with Gasteiger partial charge in [-0.1, -0.05) is 50.2 Å². The summed E-state index contributed by atoms with van der Waals surface area (Å²) in [6.07, 6.45) is 4.21. The predicted octanol–water partition coefficient (Wildman–Crippen LogP) is 5.29. The fourth-order valence-corrected chi connectivity index (χ4v) is 4.94. The Kier molecular flexibility index (Phi) is 6.79. The molecule has 1 aliphatic heterocycles. The van der Waals surface area contributed by atoms with Crippen LogP contribution in [0.4, 0.5) is 10.5 Å². The minimum atomic E-state index is -0.122. The Balaban J connectivity index is 1.30. The zero-order valence-corrected chi connectivity index (χ0v) is 20.1. The van der Waals surface area contributed by atoms with Crippen molar-refractivity contribution in [1.29, 1.82) is 0 Å². The summed E-state index contributed by atoms with van der Waals surface area (Å²) in [5.74, 6) is 1.28. The van der Waals surface area contributed by atoms with Gasteiger partial charge < -0.3 is 15.4 Å². The molecule has 2 amide bonds. The largest absolute Gasteiger partial charge is 0.379 e. The number of hydrogen-bond donors (Lipinski definition) is 2. The van der Waals surface area contributed by atoms with E-state index in [0.717, 1.165) is 72.5 Å². The van der Waals surface area contributed by atoms with Crippen LogP contribution in [0.1, 0.15) is 32.4 Å². The number of aromatic nitrogens is 1. The zero-order chi connectivity index (χ0) is 23.5. The van der Waals surface area contributed by atoms with Gasteiger partial charge in [0.05, 0.1) is 24.6 Å². The number of fused-ring (bicyclic) bond motifs is 1. The van der Waals surface area contributed by atoms with Crippen molar-refractivity contribution in [2.24, 2.45) is 11.8 Å². The van der Waals surface area contributed by atoms with Crippen molar-refractivity contribution in [3.05, 3.63) is 60.4 Å². The van der Waals surface area contributed by atoms with E-state index in [9.17, 15) is 4.79 Å². The first-order chi connectivity index (χ1) is 16.6. The first-order valence-electron chi connectivity index (χ1n) is 12.4. The quantitative estimate of drug-likeness (QED) is 0.505. The monoisotopic (exact) mass is 458 g/mol. The summed E-state index contributed by atoms with van der Waals surface area (Å²) in [7, 11) is 0. The van der Waals surface area contributed by atoms with Crippen LogP contribution >= 0.6 is 0 Å². The number of morpholine rings is 1. The molecule has 6 nitrogen and oxygen atoms in total. The molecule has 2 N–H and O–H groups in total. The van der Waals surface area contributed by atoms with E-state index in [-0.39, 0.29) is 6.03 Å². The lowest BCUT2D eigenvalue weighted by molar-refractivity contribution is 0.0336. The lowest BCUT2D eigenvalue weighted by atomic mass is 9.98. The normalized spacial score (nSPS) is 20.4. The highest BCUT2D eigenvalue weighted by Gasteiger charge is 2.38. The highest BCUT2D eigenvalue weighted by molar-refractivity contribution is 6.07. The Morgan fingerprint density at radius 2 is 1.88 bits per heavy atom. The minimum absolute atomic E-state index is 0.122. The first-order valence-corrected chi connectivity index (χ1v) is 12.4. The lowest BCUT2D eigenvalue weighted by Gasteiger charge is -2.26. The third-order valence-electron chi connectivity index (χ3n) is 6.81. The van der Waals surface area contributed by atoms with Crippen LogP contribution in [0, 0.1) is 11.8 Å². The summed E-state index contributed by atoms with van der Waals surface area (Å²) in [5.41, 5.74) is 4.09. The number of amides is 2. The van der Waals surface area contributed by atoms with E-state index in [2.05, 4.69) is 59.7 Å². The van der Waals surface area contributed by atoms with Crippen LogP contribution < -0.4 is 10.6 Å². The average Bonchev–Trinajstić information content (AvgIpc) is 3.56. The summed E-state index contributed by atoms with van der Waals surface area (Å²) in [6, 6.07) is 16.7. The van der Waals surface area contributed by atoms with E-state index < -0.39 is 0 Å². The fraction of sp³-hybridized carbons (Fsp3) is 0.429. The number of nitrogens with zero attached hydrogens (tertiary/aromatic N) is 2. The van der Waals surface area contributed by atoms with E-state index in [0.29, 0.717) is 17.9 Å². The van der Waals surface area contributed by atoms with E-state index in [1.54, 1.807) is 0 Å². The molecule has 0 radical (unpaired) electrons. The Hall–Kier alpha value is -2.96. The smallest absolute Gasteiger partial charge is 0.319 e.